The summed E-state index contributed by atoms with van der Waals surface area (Å²) in [5, 5.41) is 11.6. The lowest BCUT2D eigenvalue weighted by atomic mass is 10.1. The van der Waals surface area contributed by atoms with Gasteiger partial charge in [-0.25, -0.2) is 9.07 Å². The van der Waals surface area contributed by atoms with Crippen LogP contribution >= 0.6 is 0 Å². The van der Waals surface area contributed by atoms with Gasteiger partial charge in [0.25, 0.3) is 0 Å². The Labute approximate surface area is 121 Å². The van der Waals surface area contributed by atoms with Crippen LogP contribution in [0.2, 0.25) is 0 Å². The first kappa shape index (κ1) is 13.2. The van der Waals surface area contributed by atoms with Crippen molar-refractivity contribution in [2.75, 3.05) is 5.73 Å². The lowest BCUT2D eigenvalue weighted by Gasteiger charge is -2.08. The number of rotatable bonds is 3. The third-order valence-electron chi connectivity index (χ3n) is 3.29. The van der Waals surface area contributed by atoms with Gasteiger partial charge in [-0.15, -0.1) is 5.10 Å². The van der Waals surface area contributed by atoms with Crippen LogP contribution in [0.3, 0.4) is 0 Å². The van der Waals surface area contributed by atoms with E-state index in [9.17, 15) is 4.39 Å². The molecule has 0 aliphatic carbocycles. The fraction of sp³-hybridized carbons (Fsp3) is 0.133. The van der Waals surface area contributed by atoms with Crippen LogP contribution < -0.4 is 5.73 Å². The van der Waals surface area contributed by atoms with Crippen molar-refractivity contribution in [2.24, 2.45) is 0 Å². The minimum Gasteiger partial charge on any atom is -0.399 e. The van der Waals surface area contributed by atoms with Gasteiger partial charge in [-0.3, -0.25) is 0 Å². The molecular formula is C15H14FN5. The molecule has 0 spiro atoms. The molecule has 0 atom stereocenters. The van der Waals surface area contributed by atoms with E-state index in [1.807, 2.05) is 31.2 Å². The largest absolute Gasteiger partial charge is 0.399 e. The molecule has 0 bridgehead atoms. The molecule has 21 heavy (non-hydrogen) atoms. The molecule has 1 aromatic heterocycles. The van der Waals surface area contributed by atoms with Crippen molar-refractivity contribution in [3.8, 4) is 11.4 Å². The summed E-state index contributed by atoms with van der Waals surface area (Å²) in [5.74, 6) is 0.0832. The van der Waals surface area contributed by atoms with E-state index in [1.165, 1.54) is 12.1 Å². The number of aromatic nitrogens is 4. The van der Waals surface area contributed by atoms with Crippen LogP contribution in [0.4, 0.5) is 10.1 Å². The zero-order chi connectivity index (χ0) is 14.8. The Morgan fingerprint density at radius 1 is 1.19 bits per heavy atom. The fourth-order valence-electron chi connectivity index (χ4n) is 2.21. The summed E-state index contributed by atoms with van der Waals surface area (Å²) in [6, 6.07) is 12.3. The van der Waals surface area contributed by atoms with Crippen molar-refractivity contribution < 1.29 is 4.39 Å². The van der Waals surface area contributed by atoms with E-state index in [4.69, 9.17) is 5.73 Å². The summed E-state index contributed by atoms with van der Waals surface area (Å²) in [4.78, 5) is 0. The highest BCUT2D eigenvalue weighted by molar-refractivity contribution is 5.61. The number of hydrogen-bond acceptors (Lipinski definition) is 4. The Balaban J connectivity index is 1.99. The second-order valence-corrected chi connectivity index (χ2v) is 4.86. The molecule has 2 N–H and O–H groups in total. The van der Waals surface area contributed by atoms with E-state index in [-0.39, 0.29) is 0 Å². The summed E-state index contributed by atoms with van der Waals surface area (Å²) in [6.45, 7) is 2.55. The zero-order valence-electron chi connectivity index (χ0n) is 11.5. The van der Waals surface area contributed by atoms with Crippen LogP contribution in [-0.4, -0.2) is 20.2 Å². The Hall–Kier alpha value is -2.76. The number of nitrogens with zero attached hydrogens (tertiary/aromatic N) is 4. The normalized spacial score (nSPS) is 10.8. The maximum Gasteiger partial charge on any atom is 0.182 e. The molecule has 6 heteroatoms. The summed E-state index contributed by atoms with van der Waals surface area (Å²) in [5.41, 5.74) is 8.84. The molecule has 3 aromatic rings. The van der Waals surface area contributed by atoms with Crippen molar-refractivity contribution in [3.05, 3.63) is 59.4 Å². The molecule has 0 saturated carbocycles. The Morgan fingerprint density at radius 3 is 2.76 bits per heavy atom. The minimum absolute atomic E-state index is 0.343. The third kappa shape index (κ3) is 2.74. The number of aryl methyl sites for hydroxylation is 1. The molecule has 1 heterocycles. The second-order valence-electron chi connectivity index (χ2n) is 4.86. The average Bonchev–Trinajstić information content (AvgIpc) is 2.88. The molecule has 5 nitrogen and oxygen atoms in total. The summed E-state index contributed by atoms with van der Waals surface area (Å²) < 4.78 is 15.1. The van der Waals surface area contributed by atoms with Gasteiger partial charge in [0.15, 0.2) is 5.82 Å². The summed E-state index contributed by atoms with van der Waals surface area (Å²) in [6.07, 6.45) is 0. The lowest BCUT2D eigenvalue weighted by Crippen LogP contribution is -2.06. The number of hydrogen-bond donors (Lipinski definition) is 1. The van der Waals surface area contributed by atoms with Gasteiger partial charge in [0.1, 0.15) is 5.82 Å². The van der Waals surface area contributed by atoms with Crippen LogP contribution in [0.5, 0.6) is 0 Å². The number of benzene rings is 2. The molecule has 0 aliphatic rings. The molecule has 2 aromatic carbocycles. The van der Waals surface area contributed by atoms with E-state index >= 15 is 0 Å². The molecule has 106 valence electrons. The Morgan fingerprint density at radius 2 is 2.00 bits per heavy atom. The number of nitrogen functional groups attached to an aromatic ring is 1. The fourth-order valence-corrected chi connectivity index (χ4v) is 2.21. The molecule has 0 amide bonds. The van der Waals surface area contributed by atoms with Crippen LogP contribution in [0.1, 0.15) is 11.1 Å². The van der Waals surface area contributed by atoms with Gasteiger partial charge in [0.2, 0.25) is 0 Å². The number of halogens is 1. The van der Waals surface area contributed by atoms with Gasteiger partial charge in [-0.05, 0) is 46.7 Å². The number of anilines is 1. The quantitative estimate of drug-likeness (QED) is 0.749. The SMILES string of the molecule is Cc1ccccc1Cn1nnnc1-c1cc(N)cc(F)c1. The molecule has 0 unspecified atom stereocenters. The standard InChI is InChI=1S/C15H14FN5/c1-10-4-2-3-5-11(10)9-21-15(18-19-20-21)12-6-13(16)8-14(17)7-12/h2-8H,9,17H2,1H3. The molecule has 0 fully saturated rings. The van der Waals surface area contributed by atoms with Gasteiger partial charge in [0.05, 0.1) is 6.54 Å². The number of tetrazole rings is 1. The average molecular weight is 283 g/mol. The van der Waals surface area contributed by atoms with Crippen LogP contribution in [0.15, 0.2) is 42.5 Å². The van der Waals surface area contributed by atoms with Crippen LogP contribution in [0.25, 0.3) is 11.4 Å². The predicted octanol–water partition coefficient (Wildman–Crippen LogP) is 2.42. The number of nitrogens with two attached hydrogens (primary N) is 1. The van der Waals surface area contributed by atoms with Crippen molar-refractivity contribution in [3.63, 3.8) is 0 Å². The van der Waals surface area contributed by atoms with E-state index < -0.39 is 5.82 Å². The molecule has 3 rings (SSSR count). The lowest BCUT2D eigenvalue weighted by molar-refractivity contribution is 0.627. The Bertz CT molecular complexity index is 761. The maximum absolute atomic E-state index is 13.5. The van der Waals surface area contributed by atoms with E-state index in [0.717, 1.165) is 11.1 Å². The topological polar surface area (TPSA) is 69.6 Å². The van der Waals surface area contributed by atoms with Gasteiger partial charge >= 0.3 is 0 Å². The smallest absolute Gasteiger partial charge is 0.182 e. The highest BCUT2D eigenvalue weighted by atomic mass is 19.1. The van der Waals surface area contributed by atoms with Crippen molar-refractivity contribution >= 4 is 5.69 Å². The summed E-state index contributed by atoms with van der Waals surface area (Å²) >= 11 is 0. The van der Waals surface area contributed by atoms with E-state index in [1.54, 1.807) is 10.7 Å². The van der Waals surface area contributed by atoms with E-state index in [2.05, 4.69) is 15.5 Å². The van der Waals surface area contributed by atoms with Gasteiger partial charge in [-0.1, -0.05) is 24.3 Å². The first-order valence-electron chi connectivity index (χ1n) is 6.50. The molecule has 0 saturated heterocycles. The molecule has 0 aliphatic heterocycles. The van der Waals surface area contributed by atoms with Gasteiger partial charge < -0.3 is 5.73 Å². The monoisotopic (exact) mass is 283 g/mol. The second kappa shape index (κ2) is 5.32. The van der Waals surface area contributed by atoms with E-state index in [0.29, 0.717) is 23.6 Å². The minimum atomic E-state index is -0.407. The Kier molecular flexibility index (Phi) is 3.35. The van der Waals surface area contributed by atoms with Crippen LogP contribution in [0, 0.1) is 12.7 Å². The van der Waals surface area contributed by atoms with Gasteiger partial charge in [0, 0.05) is 11.3 Å². The first-order valence-corrected chi connectivity index (χ1v) is 6.50. The summed E-state index contributed by atoms with van der Waals surface area (Å²) in [7, 11) is 0. The zero-order valence-corrected chi connectivity index (χ0v) is 11.5. The molecular weight excluding hydrogens is 269 g/mol. The highest BCUT2D eigenvalue weighted by Crippen LogP contribution is 2.21. The van der Waals surface area contributed by atoms with Crippen molar-refractivity contribution in [1.29, 1.82) is 0 Å². The van der Waals surface area contributed by atoms with Gasteiger partial charge in [-0.2, -0.15) is 0 Å². The highest BCUT2D eigenvalue weighted by Gasteiger charge is 2.12. The van der Waals surface area contributed by atoms with Crippen molar-refractivity contribution in [1.82, 2.24) is 20.2 Å². The van der Waals surface area contributed by atoms with Crippen LogP contribution in [-0.2, 0) is 6.54 Å². The maximum atomic E-state index is 13.5. The van der Waals surface area contributed by atoms with Crippen molar-refractivity contribution in [2.45, 2.75) is 13.5 Å². The predicted molar refractivity (Wildman–Crippen MR) is 77.9 cm³/mol. The molecule has 0 radical (unpaired) electrons. The third-order valence-corrected chi connectivity index (χ3v) is 3.29. The first-order chi connectivity index (χ1) is 10.1.